The van der Waals surface area contributed by atoms with E-state index in [0.717, 1.165) is 25.0 Å². The summed E-state index contributed by atoms with van der Waals surface area (Å²) in [5.74, 6) is 0. The van der Waals surface area contributed by atoms with Gasteiger partial charge in [0.2, 0.25) is 0 Å². The largest absolute Gasteiger partial charge is 0.259 e. The third-order valence-electron chi connectivity index (χ3n) is 2.78. The number of rotatable bonds is 0. The van der Waals surface area contributed by atoms with Crippen molar-refractivity contribution in [3.8, 4) is 6.07 Å². The van der Waals surface area contributed by atoms with E-state index in [-0.39, 0.29) is 5.41 Å². The summed E-state index contributed by atoms with van der Waals surface area (Å²) in [6, 6.07) is 6.40. The molecule has 0 spiro atoms. The maximum absolute atomic E-state index is 9.11. The number of nitrogens with zero attached hydrogens (tertiary/aromatic N) is 2. The lowest BCUT2D eigenvalue weighted by atomic mass is 9.75. The molecule has 0 aliphatic heterocycles. The van der Waals surface area contributed by atoms with Crippen LogP contribution in [-0.4, -0.2) is 4.98 Å². The van der Waals surface area contributed by atoms with Crippen LogP contribution in [0, 0.1) is 11.3 Å². The van der Waals surface area contributed by atoms with E-state index in [4.69, 9.17) is 5.26 Å². The fourth-order valence-corrected chi connectivity index (χ4v) is 2.00. The van der Waals surface area contributed by atoms with Gasteiger partial charge in [-0.25, -0.2) is 0 Å². The fraction of sp³-hybridized carbons (Fsp3) is 0.455. The topological polar surface area (TPSA) is 36.7 Å². The number of pyridine rings is 1. The van der Waals surface area contributed by atoms with Gasteiger partial charge in [0.05, 0.1) is 17.2 Å². The first-order valence-electron chi connectivity index (χ1n) is 4.62. The first-order chi connectivity index (χ1) is 6.26. The molecule has 1 aromatic heterocycles. The molecular weight excluding hydrogens is 160 g/mol. The fourth-order valence-electron chi connectivity index (χ4n) is 2.00. The number of aryl methyl sites for hydroxylation is 1. The molecule has 13 heavy (non-hydrogen) atoms. The second-order valence-corrected chi connectivity index (χ2v) is 3.81. The quantitative estimate of drug-likeness (QED) is 0.601. The molecule has 1 aliphatic rings. The van der Waals surface area contributed by atoms with Crippen LogP contribution in [0.25, 0.3) is 0 Å². The summed E-state index contributed by atoms with van der Waals surface area (Å²) < 4.78 is 0. The van der Waals surface area contributed by atoms with E-state index in [2.05, 4.69) is 17.1 Å². The molecule has 66 valence electrons. The Bertz CT molecular complexity index is 365. The molecule has 0 amide bonds. The highest BCUT2D eigenvalue weighted by molar-refractivity contribution is 5.35. The maximum atomic E-state index is 9.11. The molecule has 2 nitrogen and oxygen atoms in total. The van der Waals surface area contributed by atoms with Crippen LogP contribution in [0.15, 0.2) is 18.3 Å². The van der Waals surface area contributed by atoms with Crippen molar-refractivity contribution in [2.24, 2.45) is 0 Å². The smallest absolute Gasteiger partial charge is 0.0968 e. The van der Waals surface area contributed by atoms with E-state index < -0.39 is 0 Å². The van der Waals surface area contributed by atoms with Gasteiger partial charge in [-0.3, -0.25) is 4.98 Å². The minimum atomic E-state index is -0.352. The highest BCUT2D eigenvalue weighted by Crippen LogP contribution is 2.34. The standard InChI is InChI=1S/C11H12N2/c1-11(8-12)6-2-4-9-5-3-7-13-10(9)11/h3,5,7H,2,4,6H2,1H3/t11-/m0/s1. The summed E-state index contributed by atoms with van der Waals surface area (Å²) >= 11 is 0. The normalized spacial score (nSPS) is 26.2. The predicted molar refractivity (Wildman–Crippen MR) is 50.1 cm³/mol. The third-order valence-corrected chi connectivity index (χ3v) is 2.78. The van der Waals surface area contributed by atoms with Gasteiger partial charge in [-0.15, -0.1) is 0 Å². The van der Waals surface area contributed by atoms with Crippen molar-refractivity contribution in [2.45, 2.75) is 31.6 Å². The summed E-state index contributed by atoms with van der Waals surface area (Å²) in [5, 5.41) is 9.11. The van der Waals surface area contributed by atoms with Crippen molar-refractivity contribution in [1.82, 2.24) is 4.98 Å². The number of aromatic nitrogens is 1. The molecule has 0 N–H and O–H groups in total. The van der Waals surface area contributed by atoms with Crippen LogP contribution >= 0.6 is 0 Å². The minimum absolute atomic E-state index is 0.352. The molecule has 0 fully saturated rings. The van der Waals surface area contributed by atoms with Crippen LogP contribution in [-0.2, 0) is 11.8 Å². The van der Waals surface area contributed by atoms with Gasteiger partial charge in [-0.05, 0) is 37.8 Å². The number of hydrogen-bond donors (Lipinski definition) is 0. The molecule has 0 aromatic carbocycles. The van der Waals surface area contributed by atoms with Crippen LogP contribution < -0.4 is 0 Å². The third kappa shape index (κ3) is 1.21. The maximum Gasteiger partial charge on any atom is 0.0968 e. The van der Waals surface area contributed by atoms with Gasteiger partial charge in [0.1, 0.15) is 0 Å². The summed E-state index contributed by atoms with van der Waals surface area (Å²) in [7, 11) is 0. The molecule has 0 saturated carbocycles. The number of hydrogen-bond acceptors (Lipinski definition) is 2. The van der Waals surface area contributed by atoms with Gasteiger partial charge in [0.15, 0.2) is 0 Å². The van der Waals surface area contributed by atoms with E-state index in [0.29, 0.717) is 0 Å². The predicted octanol–water partition coefficient (Wildman–Crippen LogP) is 2.20. The molecule has 1 heterocycles. The van der Waals surface area contributed by atoms with Crippen molar-refractivity contribution in [2.75, 3.05) is 0 Å². The van der Waals surface area contributed by atoms with Crippen molar-refractivity contribution < 1.29 is 0 Å². The van der Waals surface area contributed by atoms with E-state index in [9.17, 15) is 0 Å². The highest BCUT2D eigenvalue weighted by Gasteiger charge is 2.32. The van der Waals surface area contributed by atoms with Gasteiger partial charge in [-0.1, -0.05) is 6.07 Å². The Morgan fingerprint density at radius 3 is 3.23 bits per heavy atom. The molecule has 1 aliphatic carbocycles. The van der Waals surface area contributed by atoms with E-state index in [1.54, 1.807) is 6.20 Å². The van der Waals surface area contributed by atoms with Crippen molar-refractivity contribution in [1.29, 1.82) is 5.26 Å². The van der Waals surface area contributed by atoms with Gasteiger partial charge in [0, 0.05) is 6.20 Å². The second-order valence-electron chi connectivity index (χ2n) is 3.81. The molecule has 0 saturated heterocycles. The lowest BCUT2D eigenvalue weighted by molar-refractivity contribution is 0.477. The minimum Gasteiger partial charge on any atom is -0.259 e. The van der Waals surface area contributed by atoms with Crippen molar-refractivity contribution >= 4 is 0 Å². The molecule has 1 atom stereocenters. The molecule has 1 aromatic rings. The monoisotopic (exact) mass is 172 g/mol. The lowest BCUT2D eigenvalue weighted by Crippen LogP contribution is -2.26. The van der Waals surface area contributed by atoms with Crippen LogP contribution in [0.3, 0.4) is 0 Å². The SMILES string of the molecule is C[C@@]1(C#N)CCCc2cccnc21. The Morgan fingerprint density at radius 2 is 2.46 bits per heavy atom. The van der Waals surface area contributed by atoms with Gasteiger partial charge in [0.25, 0.3) is 0 Å². The molecule has 0 radical (unpaired) electrons. The van der Waals surface area contributed by atoms with E-state index >= 15 is 0 Å². The Labute approximate surface area is 78.2 Å². The number of fused-ring (bicyclic) bond motifs is 1. The molecule has 0 bridgehead atoms. The summed E-state index contributed by atoms with van der Waals surface area (Å²) in [6.45, 7) is 1.98. The van der Waals surface area contributed by atoms with Crippen LogP contribution in [0.2, 0.25) is 0 Å². The molecule has 2 rings (SSSR count). The molecule has 2 heteroatoms. The van der Waals surface area contributed by atoms with Gasteiger partial charge < -0.3 is 0 Å². The molecule has 0 unspecified atom stereocenters. The zero-order chi connectivity index (χ0) is 9.31. The molecular formula is C11H12N2. The first kappa shape index (κ1) is 8.25. The Balaban J connectivity index is 2.56. The zero-order valence-corrected chi connectivity index (χ0v) is 7.75. The van der Waals surface area contributed by atoms with Gasteiger partial charge in [-0.2, -0.15) is 5.26 Å². The van der Waals surface area contributed by atoms with Crippen LogP contribution in [0.1, 0.15) is 31.0 Å². The van der Waals surface area contributed by atoms with E-state index in [1.165, 1.54) is 5.56 Å². The van der Waals surface area contributed by atoms with Gasteiger partial charge >= 0.3 is 0 Å². The average Bonchev–Trinajstić information content (AvgIpc) is 2.19. The average molecular weight is 172 g/mol. The van der Waals surface area contributed by atoms with Crippen LogP contribution in [0.4, 0.5) is 0 Å². The van der Waals surface area contributed by atoms with Crippen molar-refractivity contribution in [3.05, 3.63) is 29.6 Å². The number of nitriles is 1. The Kier molecular flexibility index (Phi) is 1.81. The first-order valence-corrected chi connectivity index (χ1v) is 4.62. The van der Waals surface area contributed by atoms with Crippen molar-refractivity contribution in [3.63, 3.8) is 0 Å². The Hall–Kier alpha value is -1.36. The summed E-state index contributed by atoms with van der Waals surface area (Å²) in [4.78, 5) is 4.32. The summed E-state index contributed by atoms with van der Waals surface area (Å²) in [5.41, 5.74) is 1.89. The lowest BCUT2D eigenvalue weighted by Gasteiger charge is -2.27. The zero-order valence-electron chi connectivity index (χ0n) is 7.75. The summed E-state index contributed by atoms with van der Waals surface area (Å²) in [6.07, 6.45) is 4.89. The Morgan fingerprint density at radius 1 is 1.62 bits per heavy atom. The highest BCUT2D eigenvalue weighted by atomic mass is 14.7. The second kappa shape index (κ2) is 2.85. The van der Waals surface area contributed by atoms with Crippen LogP contribution in [0.5, 0.6) is 0 Å². The van der Waals surface area contributed by atoms with E-state index in [1.807, 2.05) is 13.0 Å².